The molecule has 1 aromatic heterocycles. The number of alkyl carbamates (subject to hydrolysis) is 2. The summed E-state index contributed by atoms with van der Waals surface area (Å²) in [7, 11) is 4.72. The van der Waals surface area contributed by atoms with Gasteiger partial charge in [-0.25, -0.2) is 9.59 Å². The Morgan fingerprint density at radius 1 is 0.710 bits per heavy atom. The summed E-state index contributed by atoms with van der Waals surface area (Å²) in [5.74, 6) is -7.60. The highest BCUT2D eigenvalue weighted by Gasteiger charge is 2.37. The van der Waals surface area contributed by atoms with Crippen LogP contribution >= 0.6 is 43.2 Å². The summed E-state index contributed by atoms with van der Waals surface area (Å²) < 4.78 is 10.5. The summed E-state index contributed by atoms with van der Waals surface area (Å²) in [4.78, 5) is 144. The Kier molecular flexibility index (Phi) is 31.4. The first-order valence-electron chi connectivity index (χ1n) is 30.5. The monoisotopic (exact) mass is 1370 g/mol. The van der Waals surface area contributed by atoms with E-state index in [0.29, 0.717) is 39.8 Å². The molecule has 1 aliphatic rings. The van der Waals surface area contributed by atoms with Gasteiger partial charge in [0.25, 0.3) is 0 Å². The number of nitrogens with one attached hydrogen (secondary N) is 10. The van der Waals surface area contributed by atoms with Gasteiger partial charge in [0.05, 0.1) is 24.9 Å². The van der Waals surface area contributed by atoms with E-state index in [-0.39, 0.29) is 69.6 Å². The fourth-order valence-electron chi connectivity index (χ4n) is 9.31. The molecule has 4 aromatic rings. The summed E-state index contributed by atoms with van der Waals surface area (Å²) >= 11 is 0. The minimum Gasteiger partial charge on any atom is -0.481 e. The third kappa shape index (κ3) is 27.3. The first-order chi connectivity index (χ1) is 44.1. The Hall–Kier alpha value is -7.22. The number of carbonyl (C=O) groups excluding carboxylic acids is 9. The van der Waals surface area contributed by atoms with Crippen molar-refractivity contribution in [2.24, 2.45) is 0 Å². The van der Waals surface area contributed by atoms with Crippen LogP contribution in [0.2, 0.25) is 0 Å². The molecule has 0 aliphatic carbocycles. The molecule has 0 spiro atoms. The molecular weight excluding hydrogens is 1280 g/mol. The average Bonchev–Trinajstić information content (AvgIpc) is 1.76. The van der Waals surface area contributed by atoms with Crippen LogP contribution in [0.3, 0.4) is 0 Å². The zero-order valence-electron chi connectivity index (χ0n) is 53.2. The number of aromatic amines is 1. The molecule has 1 unspecified atom stereocenters. The quantitative estimate of drug-likeness (QED) is 0.0300. The van der Waals surface area contributed by atoms with Crippen LogP contribution in [0.15, 0.2) is 91.1 Å². The van der Waals surface area contributed by atoms with Crippen LogP contribution in [0.25, 0.3) is 10.9 Å². The van der Waals surface area contributed by atoms with E-state index in [2.05, 4.69) is 52.8 Å². The molecule has 510 valence electrons. The summed E-state index contributed by atoms with van der Waals surface area (Å²) in [6, 6.07) is 12.7. The van der Waals surface area contributed by atoms with Crippen LogP contribution in [0.5, 0.6) is 0 Å². The number of aliphatic hydroxyl groups excluding tert-OH is 3. The number of aliphatic hydroxyl groups is 3. The van der Waals surface area contributed by atoms with Gasteiger partial charge in [0.2, 0.25) is 41.4 Å². The van der Waals surface area contributed by atoms with E-state index in [1.54, 1.807) is 99.8 Å². The normalized spacial score (nSPS) is 20.3. The maximum Gasteiger partial charge on any atom is 0.407 e. The number of ether oxygens (including phenoxy) is 2. The van der Waals surface area contributed by atoms with Gasteiger partial charge in [0, 0.05) is 71.3 Å². The second-order valence-electron chi connectivity index (χ2n) is 23.9. The third-order valence-electron chi connectivity index (χ3n) is 14.4. The maximum atomic E-state index is 15.1. The molecule has 14 N–H and O–H groups in total. The second-order valence-corrected chi connectivity index (χ2v) is 29.6. The van der Waals surface area contributed by atoms with Crippen molar-refractivity contribution in [2.45, 2.75) is 171 Å². The maximum absolute atomic E-state index is 15.1. The molecule has 9 amide bonds. The number of hydrogen-bond donors (Lipinski definition) is 14. The molecule has 3 aromatic carbocycles. The lowest BCUT2D eigenvalue weighted by atomic mass is 10.0. The lowest BCUT2D eigenvalue weighted by Crippen LogP contribution is -2.62. The molecule has 93 heavy (non-hydrogen) atoms. The Labute approximate surface area is 556 Å². The first-order valence-corrected chi connectivity index (χ1v) is 35.3. The average molecular weight is 1370 g/mol. The van der Waals surface area contributed by atoms with E-state index in [0.717, 1.165) is 21.6 Å². The number of rotatable bonds is 27. The number of unbranched alkanes of at least 4 members (excludes halogenated alkanes) is 1. The number of carboxylic acid groups (broad SMARTS) is 1. The van der Waals surface area contributed by atoms with Gasteiger partial charge < -0.3 is 82.7 Å². The number of H-pyrrole nitrogens is 1. The minimum absolute atomic E-state index is 0.0173. The topological polar surface area (TPSA) is 394 Å². The van der Waals surface area contributed by atoms with Gasteiger partial charge in [-0.2, -0.15) is 0 Å². The molecule has 10 atom stereocenters. The number of hydrogen-bond acceptors (Lipinski definition) is 19. The van der Waals surface area contributed by atoms with Gasteiger partial charge in [-0.15, -0.1) is 0 Å². The fourth-order valence-corrected chi connectivity index (χ4v) is 14.0. The molecule has 0 bridgehead atoms. The van der Waals surface area contributed by atoms with Gasteiger partial charge in [0.1, 0.15) is 54.5 Å². The van der Waals surface area contributed by atoms with Gasteiger partial charge in [-0.3, -0.25) is 38.4 Å². The molecule has 1 fully saturated rings. The van der Waals surface area contributed by atoms with Gasteiger partial charge in [-0.05, 0) is 96.9 Å². The predicted octanol–water partition coefficient (Wildman–Crippen LogP) is 3.55. The van der Waals surface area contributed by atoms with E-state index in [1.807, 2.05) is 26.0 Å². The van der Waals surface area contributed by atoms with Crippen molar-refractivity contribution < 1.29 is 77.8 Å². The molecule has 0 saturated carbocycles. The minimum atomic E-state index is -1.78. The lowest BCUT2D eigenvalue weighted by Gasteiger charge is -2.29. The van der Waals surface area contributed by atoms with Crippen molar-refractivity contribution in [2.75, 3.05) is 37.0 Å². The number of carboxylic acids is 1. The second kappa shape index (κ2) is 38.2. The van der Waals surface area contributed by atoms with Gasteiger partial charge in [-0.1, -0.05) is 122 Å². The number of fused-ring (bicyclic) bond motifs is 1. The third-order valence-corrected chi connectivity index (χ3v) is 20.1. The van der Waals surface area contributed by atoms with E-state index < -0.39 is 137 Å². The Balaban J connectivity index is 1.56. The smallest absolute Gasteiger partial charge is 0.407 e. The van der Waals surface area contributed by atoms with Crippen molar-refractivity contribution in [1.82, 2.24) is 52.8 Å². The molecule has 2 heterocycles. The number of para-hydroxylation sites is 1. The Morgan fingerprint density at radius 2 is 1.32 bits per heavy atom. The fraction of sp³-hybridized carbons (Fsp3) is 0.524. The van der Waals surface area contributed by atoms with Crippen LogP contribution in [-0.4, -0.2) is 193 Å². The molecular formula is C63H88N10O16S4. The van der Waals surface area contributed by atoms with Crippen molar-refractivity contribution in [3.05, 3.63) is 108 Å². The SMILES string of the molecule is C[C@@H](O)C1NC(=O)[C@H](CCCCNC(=O)OC(C)(C)C)NC(=O)[C@@H](Cc2c[nH]c3ccccc23)NC(=O)[C@H](Cc2ccccc2)NC(=O)[C@@H](NC(=O)[C@@H](Cc2ccccc2)NC(=O)OCCSSC(C)(C)CCC(=O)O)CSSC[C@@H](C(=O)N[C@H](CO)[C@@H](C)O)NC1=O. The van der Waals surface area contributed by atoms with Crippen LogP contribution in [0.1, 0.15) is 97.3 Å². The molecule has 1 aliphatic heterocycles. The number of benzene rings is 3. The highest BCUT2D eigenvalue weighted by atomic mass is 33.1. The largest absolute Gasteiger partial charge is 0.481 e. The zero-order valence-corrected chi connectivity index (χ0v) is 56.4. The van der Waals surface area contributed by atoms with Crippen LogP contribution in [0.4, 0.5) is 9.59 Å². The van der Waals surface area contributed by atoms with Crippen LogP contribution in [-0.2, 0) is 67.1 Å². The van der Waals surface area contributed by atoms with Crippen molar-refractivity contribution in [1.29, 1.82) is 0 Å². The number of aliphatic carboxylic acids is 1. The van der Waals surface area contributed by atoms with E-state index in [9.17, 15) is 48.9 Å². The van der Waals surface area contributed by atoms with E-state index in [4.69, 9.17) is 14.6 Å². The molecule has 0 radical (unpaired) electrons. The number of aromatic nitrogens is 1. The highest BCUT2D eigenvalue weighted by Crippen LogP contribution is 2.38. The molecule has 1 saturated heterocycles. The van der Waals surface area contributed by atoms with Crippen molar-refractivity contribution >= 4 is 114 Å². The number of amides is 9. The van der Waals surface area contributed by atoms with Gasteiger partial charge >= 0.3 is 18.2 Å². The van der Waals surface area contributed by atoms with E-state index >= 15 is 14.4 Å². The Bertz CT molecular complexity index is 3120. The molecule has 30 heteroatoms. The Morgan fingerprint density at radius 3 is 1.97 bits per heavy atom. The first kappa shape index (κ1) is 76.5. The van der Waals surface area contributed by atoms with Crippen LogP contribution in [0, 0.1) is 0 Å². The lowest BCUT2D eigenvalue weighted by molar-refractivity contribution is -0.137. The molecule has 5 rings (SSSR count). The molecule has 26 nitrogen and oxygen atoms in total. The summed E-state index contributed by atoms with van der Waals surface area (Å²) in [6.45, 7) is 10.7. The highest BCUT2D eigenvalue weighted by molar-refractivity contribution is 8.77. The predicted molar refractivity (Wildman–Crippen MR) is 359 cm³/mol. The van der Waals surface area contributed by atoms with Crippen LogP contribution < -0.4 is 47.9 Å². The summed E-state index contributed by atoms with van der Waals surface area (Å²) in [5.41, 5.74) is 1.70. The zero-order chi connectivity index (χ0) is 68.3. The van der Waals surface area contributed by atoms with Crippen molar-refractivity contribution in [3.8, 4) is 0 Å². The van der Waals surface area contributed by atoms with Gasteiger partial charge in [0.15, 0.2) is 0 Å². The summed E-state index contributed by atoms with van der Waals surface area (Å²) in [6.07, 6.45) is -2.57. The number of carbonyl (C=O) groups is 10. The summed E-state index contributed by atoms with van der Waals surface area (Å²) in [5, 5.41) is 65.5. The standard InChI is InChI=1S/C63H88N10O16S4/c1-37(75)48(34-74)69-58(84)50-36-92-91-35-49(70-55(81)46(31-40-20-12-9-13-21-40)72-61(87)88-28-29-90-93-63(6,7)26-25-51(77)78)57(83)67-45(30-39-18-10-8-11-19-39)54(80)68-47(32-41-33-65-43-23-15-14-22-42(41)43)56(82)66-44(53(79)73-52(38(2)76)59(85)71-50)24-16-17-27-64-60(86)89-62(3,4)5/h8-15,18-23,33,37-38,44-50,52,65,74-76H,16-17,24-32,34-36H2,1-7H3,(H,64,86)(H,66,82)(H,67,83)(H,68,80)(H,69,84)(H,70,81)(H,71,85)(H,72,87)(H,73,79)(H,77,78)/t37-,38-,44+,45+,46-,47-,48-,49+,50+,52?/m1/s1. The van der Waals surface area contributed by atoms with E-state index in [1.165, 1.54) is 35.4 Å². The van der Waals surface area contributed by atoms with Crippen molar-refractivity contribution in [3.63, 3.8) is 0 Å².